The first-order valence-electron chi connectivity index (χ1n) is 11.4. The van der Waals surface area contributed by atoms with Crippen LogP contribution in [0.3, 0.4) is 0 Å². The number of nitrogens with zero attached hydrogens (tertiary/aromatic N) is 6. The van der Waals surface area contributed by atoms with Gasteiger partial charge in [0, 0.05) is 35.7 Å². The standard InChI is InChI=1S/C19H20ClN5O3.C5H7N3O/c1-12(19(26)22-14-10-28-11-14)25-9-16(24-7-3-6-21-24)18(23-25)15-8-13(20)4-5-17(15)27-2;6-5(9)8-3-1-2-7-4-8/h3-9,12,14H,10-11H2,1-2H3,(H,22,26);1-2,4H,3H2,(H2,6,9). The van der Waals surface area contributed by atoms with Crippen LogP contribution in [0.1, 0.15) is 13.0 Å². The molecule has 2 aliphatic rings. The van der Waals surface area contributed by atoms with Crippen LogP contribution in [0.25, 0.3) is 16.9 Å². The summed E-state index contributed by atoms with van der Waals surface area (Å²) in [6.45, 7) is 3.41. The van der Waals surface area contributed by atoms with Crippen molar-refractivity contribution in [3.63, 3.8) is 0 Å². The number of aliphatic imine (C=N–C) groups is 1. The normalized spacial score (nSPS) is 15.4. The van der Waals surface area contributed by atoms with Gasteiger partial charge in [-0.25, -0.2) is 14.5 Å². The monoisotopic (exact) mass is 526 g/mol. The summed E-state index contributed by atoms with van der Waals surface area (Å²) < 4.78 is 13.9. The fraction of sp³-hybridized carbons (Fsp3) is 0.292. The average Bonchev–Trinajstić information content (AvgIpc) is 3.57. The number of primary amides is 1. The number of nitrogens with two attached hydrogens (primary N) is 1. The highest BCUT2D eigenvalue weighted by Gasteiger charge is 2.26. The lowest BCUT2D eigenvalue weighted by molar-refractivity contribution is -0.128. The molecule has 3 amide bonds. The zero-order chi connectivity index (χ0) is 26.4. The highest BCUT2D eigenvalue weighted by atomic mass is 35.5. The van der Waals surface area contributed by atoms with E-state index in [-0.39, 0.29) is 11.9 Å². The summed E-state index contributed by atoms with van der Waals surface area (Å²) in [5, 5.41) is 12.5. The molecule has 0 saturated carbocycles. The summed E-state index contributed by atoms with van der Waals surface area (Å²) in [5.74, 6) is 0.513. The molecular weight excluding hydrogens is 500 g/mol. The Balaban J connectivity index is 0.000000301. The summed E-state index contributed by atoms with van der Waals surface area (Å²) in [6.07, 6.45) is 10.1. The van der Waals surface area contributed by atoms with Crippen molar-refractivity contribution in [2.45, 2.75) is 19.0 Å². The van der Waals surface area contributed by atoms with Gasteiger partial charge in [0.15, 0.2) is 0 Å². The average molecular weight is 527 g/mol. The van der Waals surface area contributed by atoms with Gasteiger partial charge < -0.3 is 20.5 Å². The third-order valence-electron chi connectivity index (χ3n) is 5.62. The lowest BCUT2D eigenvalue weighted by Gasteiger charge is -2.28. The summed E-state index contributed by atoms with van der Waals surface area (Å²) in [6, 6.07) is 6.24. The number of amides is 3. The highest BCUT2D eigenvalue weighted by Crippen LogP contribution is 2.35. The Bertz CT molecular complexity index is 1300. The largest absolute Gasteiger partial charge is 0.496 e. The second-order valence-electron chi connectivity index (χ2n) is 8.20. The van der Waals surface area contributed by atoms with Gasteiger partial charge in [-0.3, -0.25) is 14.4 Å². The van der Waals surface area contributed by atoms with Crippen molar-refractivity contribution >= 4 is 29.9 Å². The van der Waals surface area contributed by atoms with E-state index in [0.717, 1.165) is 11.3 Å². The van der Waals surface area contributed by atoms with Crippen LogP contribution in [0.15, 0.2) is 60.1 Å². The number of carbonyl (C=O) groups excluding carboxylic acids is 2. The Hall–Kier alpha value is -4.16. The van der Waals surface area contributed by atoms with Gasteiger partial charge in [0.2, 0.25) is 5.91 Å². The molecule has 2 aromatic heterocycles. The Morgan fingerprint density at radius 3 is 2.70 bits per heavy atom. The van der Waals surface area contributed by atoms with E-state index < -0.39 is 12.1 Å². The van der Waals surface area contributed by atoms with E-state index in [9.17, 15) is 9.59 Å². The zero-order valence-electron chi connectivity index (χ0n) is 20.3. The lowest BCUT2D eigenvalue weighted by Crippen LogP contribution is -2.50. The van der Waals surface area contributed by atoms with Gasteiger partial charge in [-0.05, 0) is 37.3 Å². The summed E-state index contributed by atoms with van der Waals surface area (Å²) in [4.78, 5) is 28.0. The number of urea groups is 1. The molecule has 0 spiro atoms. The third-order valence-corrected chi connectivity index (χ3v) is 5.86. The molecule has 3 N–H and O–H groups in total. The second-order valence-corrected chi connectivity index (χ2v) is 8.63. The molecule has 1 atom stereocenters. The molecule has 2 aliphatic heterocycles. The first kappa shape index (κ1) is 25.9. The van der Waals surface area contributed by atoms with Crippen LogP contribution in [0.5, 0.6) is 5.75 Å². The van der Waals surface area contributed by atoms with E-state index in [1.807, 2.05) is 12.3 Å². The Labute approximate surface area is 218 Å². The molecule has 0 bridgehead atoms. The van der Waals surface area contributed by atoms with E-state index in [4.69, 9.17) is 26.8 Å². The predicted molar refractivity (Wildman–Crippen MR) is 138 cm³/mol. The molecule has 13 heteroatoms. The van der Waals surface area contributed by atoms with Gasteiger partial charge in [-0.15, -0.1) is 0 Å². The Kier molecular flexibility index (Phi) is 8.21. The van der Waals surface area contributed by atoms with E-state index in [2.05, 4.69) is 20.5 Å². The number of hydrogen-bond donors (Lipinski definition) is 2. The minimum absolute atomic E-state index is 0.0589. The fourth-order valence-electron chi connectivity index (χ4n) is 3.51. The maximum Gasteiger partial charge on any atom is 0.320 e. The van der Waals surface area contributed by atoms with Crippen molar-refractivity contribution in [2.75, 3.05) is 26.9 Å². The van der Waals surface area contributed by atoms with Crippen molar-refractivity contribution in [1.82, 2.24) is 29.8 Å². The van der Waals surface area contributed by atoms with Crippen LogP contribution in [0, 0.1) is 0 Å². The molecule has 194 valence electrons. The van der Waals surface area contributed by atoms with Crippen LogP contribution in [0.2, 0.25) is 5.02 Å². The summed E-state index contributed by atoms with van der Waals surface area (Å²) in [7, 11) is 1.59. The molecule has 5 rings (SSSR count). The molecule has 1 aromatic carbocycles. The third kappa shape index (κ3) is 6.16. The summed E-state index contributed by atoms with van der Waals surface area (Å²) in [5.41, 5.74) is 6.99. The maximum atomic E-state index is 12.6. The van der Waals surface area contributed by atoms with Crippen LogP contribution in [-0.4, -0.2) is 75.6 Å². The second kappa shape index (κ2) is 11.7. The molecule has 3 aromatic rings. The number of halogens is 1. The Morgan fingerprint density at radius 1 is 1.32 bits per heavy atom. The van der Waals surface area contributed by atoms with Crippen LogP contribution in [-0.2, 0) is 9.53 Å². The highest BCUT2D eigenvalue weighted by molar-refractivity contribution is 6.31. The van der Waals surface area contributed by atoms with Gasteiger partial charge in [-0.1, -0.05) is 11.6 Å². The first-order valence-corrected chi connectivity index (χ1v) is 11.8. The topological polar surface area (TPSA) is 142 Å². The quantitative estimate of drug-likeness (QED) is 0.505. The van der Waals surface area contributed by atoms with Crippen molar-refractivity contribution in [3.8, 4) is 22.7 Å². The lowest BCUT2D eigenvalue weighted by atomic mass is 10.1. The van der Waals surface area contributed by atoms with Crippen LogP contribution >= 0.6 is 11.6 Å². The Morgan fingerprint density at radius 2 is 2.14 bits per heavy atom. The maximum absolute atomic E-state index is 12.6. The summed E-state index contributed by atoms with van der Waals surface area (Å²) >= 11 is 6.21. The molecule has 1 saturated heterocycles. The molecule has 1 fully saturated rings. The number of carbonyl (C=O) groups is 2. The minimum Gasteiger partial charge on any atom is -0.496 e. The zero-order valence-corrected chi connectivity index (χ0v) is 21.1. The fourth-order valence-corrected chi connectivity index (χ4v) is 3.68. The number of nitrogens with one attached hydrogen (secondary N) is 1. The SMILES string of the molecule is COc1ccc(Cl)cc1-c1nn(C(C)C(=O)NC2COC2)cc1-n1cccn1.NC(=O)N1C=NC=CC1. The van der Waals surface area contributed by atoms with Crippen molar-refractivity contribution in [2.24, 2.45) is 10.7 Å². The number of hydrogen-bond acceptors (Lipinski definition) is 7. The molecule has 37 heavy (non-hydrogen) atoms. The number of aromatic nitrogens is 4. The van der Waals surface area contributed by atoms with E-state index in [0.29, 0.717) is 36.2 Å². The molecule has 0 radical (unpaired) electrons. The number of ether oxygens (including phenoxy) is 2. The molecule has 1 unspecified atom stereocenters. The number of methoxy groups -OCH3 is 1. The van der Waals surface area contributed by atoms with Gasteiger partial charge >= 0.3 is 6.03 Å². The minimum atomic E-state index is -0.506. The first-order chi connectivity index (χ1) is 17.9. The van der Waals surface area contributed by atoms with E-state index >= 15 is 0 Å². The van der Waals surface area contributed by atoms with Gasteiger partial charge in [-0.2, -0.15) is 10.2 Å². The molecular formula is C24H27ClN8O4. The van der Waals surface area contributed by atoms with Crippen molar-refractivity contribution in [1.29, 1.82) is 0 Å². The van der Waals surface area contributed by atoms with Gasteiger partial charge in [0.25, 0.3) is 0 Å². The van der Waals surface area contributed by atoms with Crippen LogP contribution in [0.4, 0.5) is 4.79 Å². The van der Waals surface area contributed by atoms with Crippen LogP contribution < -0.4 is 15.8 Å². The van der Waals surface area contributed by atoms with E-state index in [1.165, 1.54) is 11.2 Å². The molecule has 4 heterocycles. The smallest absolute Gasteiger partial charge is 0.320 e. The molecule has 0 aliphatic carbocycles. The van der Waals surface area contributed by atoms with Gasteiger partial charge in [0.1, 0.15) is 23.2 Å². The number of benzene rings is 1. The van der Waals surface area contributed by atoms with Gasteiger partial charge in [0.05, 0.1) is 38.9 Å². The van der Waals surface area contributed by atoms with E-state index in [1.54, 1.807) is 66.3 Å². The van der Waals surface area contributed by atoms with Crippen molar-refractivity contribution in [3.05, 3.63) is 60.2 Å². The number of rotatable bonds is 6. The molecule has 12 nitrogen and oxygen atoms in total. The van der Waals surface area contributed by atoms with Crippen molar-refractivity contribution < 1.29 is 19.1 Å². The predicted octanol–water partition coefficient (Wildman–Crippen LogP) is 2.40.